The number of carbonyl (C=O) groups excluding carboxylic acids is 1. The molecule has 2 rings (SSSR count). The SMILES string of the molecule is COC1CN(c2cc(C(C)=O)ccc2C#N)CCC1C. The minimum Gasteiger partial charge on any atom is -0.379 e. The lowest BCUT2D eigenvalue weighted by Gasteiger charge is -2.38. The zero-order valence-corrected chi connectivity index (χ0v) is 12.2. The fraction of sp³-hybridized carbons (Fsp3) is 0.500. The van der Waals surface area contributed by atoms with Gasteiger partial charge in [-0.15, -0.1) is 0 Å². The van der Waals surface area contributed by atoms with Crippen molar-refractivity contribution in [3.63, 3.8) is 0 Å². The first-order valence-corrected chi connectivity index (χ1v) is 6.89. The van der Waals surface area contributed by atoms with Gasteiger partial charge in [-0.3, -0.25) is 4.79 Å². The van der Waals surface area contributed by atoms with Gasteiger partial charge in [-0.05, 0) is 37.5 Å². The Balaban J connectivity index is 2.33. The smallest absolute Gasteiger partial charge is 0.159 e. The maximum atomic E-state index is 11.5. The van der Waals surface area contributed by atoms with E-state index in [1.807, 2.05) is 6.07 Å². The van der Waals surface area contributed by atoms with E-state index >= 15 is 0 Å². The van der Waals surface area contributed by atoms with Gasteiger partial charge in [0, 0.05) is 25.8 Å². The van der Waals surface area contributed by atoms with Gasteiger partial charge in [-0.2, -0.15) is 5.26 Å². The van der Waals surface area contributed by atoms with Gasteiger partial charge in [-0.25, -0.2) is 0 Å². The first-order chi connectivity index (χ1) is 9.56. The van der Waals surface area contributed by atoms with Crippen molar-refractivity contribution in [3.05, 3.63) is 29.3 Å². The molecule has 2 atom stereocenters. The van der Waals surface area contributed by atoms with Crippen LogP contribution in [-0.4, -0.2) is 32.1 Å². The Morgan fingerprint density at radius 1 is 1.50 bits per heavy atom. The van der Waals surface area contributed by atoms with Crippen molar-refractivity contribution in [2.45, 2.75) is 26.4 Å². The highest BCUT2D eigenvalue weighted by molar-refractivity contribution is 5.95. The number of ether oxygens (including phenoxy) is 1. The van der Waals surface area contributed by atoms with Crippen molar-refractivity contribution >= 4 is 11.5 Å². The van der Waals surface area contributed by atoms with Crippen LogP contribution in [0.15, 0.2) is 18.2 Å². The number of rotatable bonds is 3. The van der Waals surface area contributed by atoms with Crippen LogP contribution in [0.5, 0.6) is 0 Å². The highest BCUT2D eigenvalue weighted by Gasteiger charge is 2.27. The lowest BCUT2D eigenvalue weighted by atomic mass is 9.94. The zero-order valence-electron chi connectivity index (χ0n) is 12.2. The maximum absolute atomic E-state index is 11.5. The van der Waals surface area contributed by atoms with E-state index in [4.69, 9.17) is 4.74 Å². The summed E-state index contributed by atoms with van der Waals surface area (Å²) in [5.74, 6) is 0.530. The summed E-state index contributed by atoms with van der Waals surface area (Å²) in [6.45, 7) is 5.37. The van der Waals surface area contributed by atoms with E-state index in [-0.39, 0.29) is 11.9 Å². The van der Waals surface area contributed by atoms with E-state index in [0.717, 1.165) is 25.2 Å². The standard InChI is InChI=1S/C16H20N2O2/c1-11-6-7-18(10-16(11)20-3)15-8-13(12(2)19)4-5-14(15)9-17/h4-5,8,11,16H,6-7,10H2,1-3H3. The average molecular weight is 272 g/mol. The van der Waals surface area contributed by atoms with E-state index < -0.39 is 0 Å². The van der Waals surface area contributed by atoms with Crippen LogP contribution in [0.4, 0.5) is 5.69 Å². The molecule has 0 N–H and O–H groups in total. The second kappa shape index (κ2) is 6.06. The summed E-state index contributed by atoms with van der Waals surface area (Å²) in [6.07, 6.45) is 1.18. The summed E-state index contributed by atoms with van der Waals surface area (Å²) >= 11 is 0. The monoisotopic (exact) mass is 272 g/mol. The molecule has 0 bridgehead atoms. The Kier molecular flexibility index (Phi) is 4.41. The van der Waals surface area contributed by atoms with E-state index in [0.29, 0.717) is 17.0 Å². The number of anilines is 1. The second-order valence-electron chi connectivity index (χ2n) is 5.39. The van der Waals surface area contributed by atoms with Gasteiger partial charge in [0.15, 0.2) is 5.78 Å². The third kappa shape index (κ3) is 2.83. The largest absolute Gasteiger partial charge is 0.379 e. The molecule has 1 saturated heterocycles. The van der Waals surface area contributed by atoms with Crippen molar-refractivity contribution in [3.8, 4) is 6.07 Å². The summed E-state index contributed by atoms with van der Waals surface area (Å²) in [5.41, 5.74) is 2.10. The molecule has 2 unspecified atom stereocenters. The number of methoxy groups -OCH3 is 1. The summed E-state index contributed by atoms with van der Waals surface area (Å²) in [5, 5.41) is 9.26. The quantitative estimate of drug-likeness (QED) is 0.794. The molecule has 106 valence electrons. The van der Waals surface area contributed by atoms with Gasteiger partial charge in [0.05, 0.1) is 17.4 Å². The van der Waals surface area contributed by atoms with Crippen LogP contribution >= 0.6 is 0 Å². The Morgan fingerprint density at radius 3 is 2.85 bits per heavy atom. The number of hydrogen-bond acceptors (Lipinski definition) is 4. The molecule has 1 aliphatic rings. The van der Waals surface area contributed by atoms with Crippen molar-refractivity contribution in [2.24, 2.45) is 5.92 Å². The molecule has 1 aromatic rings. The highest BCUT2D eigenvalue weighted by atomic mass is 16.5. The number of hydrogen-bond donors (Lipinski definition) is 0. The Bertz CT molecular complexity index is 548. The van der Waals surface area contributed by atoms with E-state index in [1.165, 1.54) is 0 Å². The Labute approximate surface area is 120 Å². The van der Waals surface area contributed by atoms with Crippen molar-refractivity contribution in [2.75, 3.05) is 25.1 Å². The molecule has 20 heavy (non-hydrogen) atoms. The van der Waals surface area contributed by atoms with Gasteiger partial charge >= 0.3 is 0 Å². The molecule has 4 heteroatoms. The first kappa shape index (κ1) is 14.5. The molecule has 0 amide bonds. The van der Waals surface area contributed by atoms with Gasteiger partial charge in [-0.1, -0.05) is 6.92 Å². The van der Waals surface area contributed by atoms with Gasteiger partial charge in [0.25, 0.3) is 0 Å². The second-order valence-corrected chi connectivity index (χ2v) is 5.39. The fourth-order valence-corrected chi connectivity index (χ4v) is 2.67. The number of ketones is 1. The summed E-state index contributed by atoms with van der Waals surface area (Å²) in [7, 11) is 1.72. The van der Waals surface area contributed by atoms with Crippen LogP contribution in [-0.2, 0) is 4.74 Å². The van der Waals surface area contributed by atoms with E-state index in [1.54, 1.807) is 26.2 Å². The lowest BCUT2D eigenvalue weighted by Crippen LogP contribution is -2.44. The lowest BCUT2D eigenvalue weighted by molar-refractivity contribution is 0.0498. The number of nitriles is 1. The van der Waals surface area contributed by atoms with Crippen LogP contribution < -0.4 is 4.90 Å². The molecule has 1 fully saturated rings. The topological polar surface area (TPSA) is 53.3 Å². The van der Waals surface area contributed by atoms with Crippen LogP contribution in [0.1, 0.15) is 36.2 Å². The number of benzene rings is 1. The molecule has 1 heterocycles. The molecule has 0 radical (unpaired) electrons. The summed E-state index contributed by atoms with van der Waals surface area (Å²) in [6, 6.07) is 7.47. The Hall–Kier alpha value is -1.86. The molecule has 0 aliphatic carbocycles. The number of piperidine rings is 1. The summed E-state index contributed by atoms with van der Waals surface area (Å²) < 4.78 is 5.51. The fourth-order valence-electron chi connectivity index (χ4n) is 2.67. The molecule has 1 aromatic carbocycles. The minimum atomic E-state index is 0.0180. The van der Waals surface area contributed by atoms with E-state index in [9.17, 15) is 10.1 Å². The molecule has 0 aromatic heterocycles. The molecule has 0 spiro atoms. The average Bonchev–Trinajstić information content (AvgIpc) is 2.47. The third-order valence-corrected chi connectivity index (χ3v) is 4.06. The summed E-state index contributed by atoms with van der Waals surface area (Å²) in [4.78, 5) is 13.7. The minimum absolute atomic E-state index is 0.0180. The van der Waals surface area contributed by atoms with E-state index in [2.05, 4.69) is 17.9 Å². The molecule has 1 aliphatic heterocycles. The first-order valence-electron chi connectivity index (χ1n) is 6.89. The van der Waals surface area contributed by atoms with Crippen LogP contribution in [0.25, 0.3) is 0 Å². The van der Waals surface area contributed by atoms with Gasteiger partial charge < -0.3 is 9.64 Å². The Morgan fingerprint density at radius 2 is 2.25 bits per heavy atom. The van der Waals surface area contributed by atoms with Crippen molar-refractivity contribution < 1.29 is 9.53 Å². The molecular formula is C16H20N2O2. The maximum Gasteiger partial charge on any atom is 0.159 e. The van der Waals surface area contributed by atoms with Crippen LogP contribution in [0, 0.1) is 17.2 Å². The predicted molar refractivity (Wildman–Crippen MR) is 78.0 cm³/mol. The zero-order chi connectivity index (χ0) is 14.7. The normalized spacial score (nSPS) is 22.4. The molecular weight excluding hydrogens is 252 g/mol. The number of Topliss-reactive ketones (excluding diaryl/α,β-unsaturated/α-hetero) is 1. The number of carbonyl (C=O) groups is 1. The molecule has 0 saturated carbocycles. The highest BCUT2D eigenvalue weighted by Crippen LogP contribution is 2.28. The third-order valence-electron chi connectivity index (χ3n) is 4.06. The van der Waals surface area contributed by atoms with Crippen molar-refractivity contribution in [1.82, 2.24) is 0 Å². The molecule has 4 nitrogen and oxygen atoms in total. The van der Waals surface area contributed by atoms with Gasteiger partial charge in [0.1, 0.15) is 6.07 Å². The van der Waals surface area contributed by atoms with Crippen LogP contribution in [0.3, 0.4) is 0 Å². The van der Waals surface area contributed by atoms with Crippen LogP contribution in [0.2, 0.25) is 0 Å². The number of nitrogens with zero attached hydrogens (tertiary/aromatic N) is 2. The van der Waals surface area contributed by atoms with Gasteiger partial charge in [0.2, 0.25) is 0 Å². The van der Waals surface area contributed by atoms with Crippen molar-refractivity contribution in [1.29, 1.82) is 5.26 Å². The predicted octanol–water partition coefficient (Wildman–Crippen LogP) is 2.62.